The molecule has 2 aliphatic rings. The molecule has 0 aromatic heterocycles. The Balaban J connectivity index is 1.72. The summed E-state index contributed by atoms with van der Waals surface area (Å²) in [5.41, 5.74) is 1.44. The van der Waals surface area contributed by atoms with Crippen LogP contribution in [0.1, 0.15) is 48.0 Å². The number of nitrogens with one attached hydrogen (secondary N) is 1. The van der Waals surface area contributed by atoms with Gasteiger partial charge in [-0.2, -0.15) is 0 Å². The number of carbonyl (C=O) groups excluding carboxylic acids is 2. The molecule has 2 aliphatic heterocycles. The molecule has 1 atom stereocenters. The first-order valence-corrected chi connectivity index (χ1v) is 7.40. The highest BCUT2D eigenvalue weighted by molar-refractivity contribution is 5.99. The lowest BCUT2D eigenvalue weighted by molar-refractivity contribution is -0.116. The van der Waals surface area contributed by atoms with Gasteiger partial charge in [0.2, 0.25) is 5.91 Å². The van der Waals surface area contributed by atoms with E-state index in [1.165, 1.54) is 6.07 Å². The molecule has 5 heteroatoms. The molecule has 0 aliphatic carbocycles. The minimum absolute atomic E-state index is 0.112. The number of hydrogen-bond donors (Lipinski definition) is 1. The summed E-state index contributed by atoms with van der Waals surface area (Å²) in [5.74, 6) is -0.865. The molecule has 1 unspecified atom stereocenters. The fourth-order valence-electron chi connectivity index (χ4n) is 2.91. The largest absolute Gasteiger partial charge is 0.378 e. The molecule has 1 amide bonds. The van der Waals surface area contributed by atoms with E-state index in [0.29, 0.717) is 31.4 Å². The van der Waals surface area contributed by atoms with Crippen molar-refractivity contribution in [3.63, 3.8) is 0 Å². The number of amides is 1. The second-order valence-corrected chi connectivity index (χ2v) is 5.63. The lowest BCUT2D eigenvalue weighted by Gasteiger charge is -2.18. The Labute approximate surface area is 122 Å². The van der Waals surface area contributed by atoms with Crippen LogP contribution in [-0.2, 0) is 16.0 Å². The van der Waals surface area contributed by atoms with Gasteiger partial charge in [-0.15, -0.1) is 0 Å². The SMILES string of the molecule is O=C1CCc2cc(C(=O)CCC3CCCO3)c(F)cc2N1. The molecule has 1 N–H and O–H groups in total. The third-order valence-corrected chi connectivity index (χ3v) is 4.11. The summed E-state index contributed by atoms with van der Waals surface area (Å²) in [6.45, 7) is 0.756. The third kappa shape index (κ3) is 3.13. The number of ketones is 1. The van der Waals surface area contributed by atoms with Gasteiger partial charge in [-0.1, -0.05) is 0 Å². The maximum Gasteiger partial charge on any atom is 0.224 e. The van der Waals surface area contributed by atoms with Crippen LogP contribution in [0.2, 0.25) is 0 Å². The lowest BCUT2D eigenvalue weighted by atomic mass is 9.96. The van der Waals surface area contributed by atoms with Crippen molar-refractivity contribution in [1.29, 1.82) is 0 Å². The molecule has 2 heterocycles. The van der Waals surface area contributed by atoms with Gasteiger partial charge in [0.05, 0.1) is 11.7 Å². The van der Waals surface area contributed by atoms with Gasteiger partial charge in [0.15, 0.2) is 5.78 Å². The zero-order valence-corrected chi connectivity index (χ0v) is 11.8. The second-order valence-electron chi connectivity index (χ2n) is 5.63. The van der Waals surface area contributed by atoms with Crippen LogP contribution < -0.4 is 5.32 Å². The Morgan fingerprint density at radius 1 is 1.38 bits per heavy atom. The molecular formula is C16H18FNO3. The van der Waals surface area contributed by atoms with Crippen molar-refractivity contribution >= 4 is 17.4 Å². The minimum Gasteiger partial charge on any atom is -0.378 e. The van der Waals surface area contributed by atoms with E-state index in [2.05, 4.69) is 5.32 Å². The average molecular weight is 291 g/mol. The fourth-order valence-corrected chi connectivity index (χ4v) is 2.91. The summed E-state index contributed by atoms with van der Waals surface area (Å²) in [5, 5.41) is 2.63. The first-order valence-electron chi connectivity index (χ1n) is 7.40. The molecule has 21 heavy (non-hydrogen) atoms. The van der Waals surface area contributed by atoms with E-state index in [0.717, 1.165) is 25.0 Å². The van der Waals surface area contributed by atoms with Crippen molar-refractivity contribution in [1.82, 2.24) is 0 Å². The van der Waals surface area contributed by atoms with Crippen LogP contribution in [-0.4, -0.2) is 24.4 Å². The summed E-state index contributed by atoms with van der Waals surface area (Å²) in [7, 11) is 0. The number of rotatable bonds is 4. The minimum atomic E-state index is -0.562. The number of benzene rings is 1. The Bertz CT molecular complexity index is 579. The monoisotopic (exact) mass is 291 g/mol. The molecule has 0 spiro atoms. The normalized spacial score (nSPS) is 21.0. The maximum atomic E-state index is 14.1. The summed E-state index contributed by atoms with van der Waals surface area (Å²) >= 11 is 0. The van der Waals surface area contributed by atoms with E-state index in [1.54, 1.807) is 6.07 Å². The molecule has 1 aromatic carbocycles. The standard InChI is InChI=1S/C16H18FNO3/c17-13-9-14-10(3-6-16(20)18-14)8-12(13)15(19)5-4-11-2-1-7-21-11/h8-9,11H,1-7H2,(H,18,20). The Kier molecular flexibility index (Phi) is 4.01. The summed E-state index contributed by atoms with van der Waals surface area (Å²) in [6, 6.07) is 2.84. The van der Waals surface area contributed by atoms with Gasteiger partial charge < -0.3 is 10.1 Å². The highest BCUT2D eigenvalue weighted by Crippen LogP contribution is 2.27. The number of ether oxygens (including phenoxy) is 1. The first kappa shape index (κ1) is 14.2. The van der Waals surface area contributed by atoms with Crippen molar-refractivity contribution in [2.75, 3.05) is 11.9 Å². The highest BCUT2D eigenvalue weighted by Gasteiger charge is 2.22. The molecule has 112 valence electrons. The zero-order chi connectivity index (χ0) is 14.8. The second kappa shape index (κ2) is 5.93. The van der Waals surface area contributed by atoms with Gasteiger partial charge >= 0.3 is 0 Å². The molecule has 4 nitrogen and oxygen atoms in total. The van der Waals surface area contributed by atoms with Gasteiger partial charge in [-0.3, -0.25) is 9.59 Å². The predicted molar refractivity (Wildman–Crippen MR) is 75.9 cm³/mol. The van der Waals surface area contributed by atoms with Crippen molar-refractivity contribution in [3.8, 4) is 0 Å². The van der Waals surface area contributed by atoms with E-state index < -0.39 is 5.82 Å². The Morgan fingerprint density at radius 2 is 2.24 bits per heavy atom. The first-order chi connectivity index (χ1) is 10.1. The number of aryl methyl sites for hydroxylation is 1. The van der Waals surface area contributed by atoms with Crippen LogP contribution in [0.25, 0.3) is 0 Å². The van der Waals surface area contributed by atoms with Crippen LogP contribution in [0.4, 0.5) is 10.1 Å². The highest BCUT2D eigenvalue weighted by atomic mass is 19.1. The van der Waals surface area contributed by atoms with Crippen LogP contribution >= 0.6 is 0 Å². The lowest BCUT2D eigenvalue weighted by Crippen LogP contribution is -2.20. The van der Waals surface area contributed by atoms with Crippen molar-refractivity contribution in [3.05, 3.63) is 29.1 Å². The fraction of sp³-hybridized carbons (Fsp3) is 0.500. The van der Waals surface area contributed by atoms with Gasteiger partial charge in [-0.05, 0) is 43.4 Å². The number of hydrogen-bond acceptors (Lipinski definition) is 3. The van der Waals surface area contributed by atoms with Crippen LogP contribution in [0.5, 0.6) is 0 Å². The summed E-state index contributed by atoms with van der Waals surface area (Å²) < 4.78 is 19.5. The quantitative estimate of drug-likeness (QED) is 0.868. The Hall–Kier alpha value is -1.75. The van der Waals surface area contributed by atoms with E-state index in [4.69, 9.17) is 4.74 Å². The van der Waals surface area contributed by atoms with Gasteiger partial charge in [-0.25, -0.2) is 4.39 Å². The summed E-state index contributed by atoms with van der Waals surface area (Å²) in [4.78, 5) is 23.5. The average Bonchev–Trinajstić information content (AvgIpc) is 2.97. The van der Waals surface area contributed by atoms with Crippen LogP contribution in [0.15, 0.2) is 12.1 Å². The number of fused-ring (bicyclic) bond motifs is 1. The van der Waals surface area contributed by atoms with E-state index in [9.17, 15) is 14.0 Å². The smallest absolute Gasteiger partial charge is 0.224 e. The predicted octanol–water partition coefficient (Wildman–Crippen LogP) is 2.85. The van der Waals surface area contributed by atoms with Gasteiger partial charge in [0.25, 0.3) is 0 Å². The number of anilines is 1. The van der Waals surface area contributed by atoms with Crippen LogP contribution in [0, 0.1) is 5.82 Å². The van der Waals surface area contributed by atoms with E-state index >= 15 is 0 Å². The topological polar surface area (TPSA) is 55.4 Å². The van der Waals surface area contributed by atoms with Gasteiger partial charge in [0.1, 0.15) is 5.82 Å². The van der Waals surface area contributed by atoms with Crippen molar-refractivity contribution < 1.29 is 18.7 Å². The summed E-state index contributed by atoms with van der Waals surface area (Å²) in [6.07, 6.45) is 4.01. The van der Waals surface area contributed by atoms with Crippen molar-refractivity contribution in [2.45, 2.75) is 44.6 Å². The molecule has 1 saturated heterocycles. The molecule has 0 bridgehead atoms. The Morgan fingerprint density at radius 3 is 3.00 bits per heavy atom. The number of halogens is 1. The third-order valence-electron chi connectivity index (χ3n) is 4.11. The molecule has 1 fully saturated rings. The zero-order valence-electron chi connectivity index (χ0n) is 11.8. The molecule has 3 rings (SSSR count). The number of Topliss-reactive ketones (excluding diaryl/α,β-unsaturated/α-hetero) is 1. The molecule has 0 saturated carbocycles. The van der Waals surface area contributed by atoms with E-state index in [1.807, 2.05) is 0 Å². The molecule has 1 aromatic rings. The van der Waals surface area contributed by atoms with E-state index in [-0.39, 0.29) is 23.4 Å². The van der Waals surface area contributed by atoms with Crippen LogP contribution in [0.3, 0.4) is 0 Å². The van der Waals surface area contributed by atoms with Crippen molar-refractivity contribution in [2.24, 2.45) is 0 Å². The maximum absolute atomic E-state index is 14.1. The van der Waals surface area contributed by atoms with Gasteiger partial charge in [0, 0.05) is 25.1 Å². The molecule has 0 radical (unpaired) electrons. The molecular weight excluding hydrogens is 273 g/mol. The number of carbonyl (C=O) groups is 2.